The van der Waals surface area contributed by atoms with E-state index in [0.717, 1.165) is 14.8 Å². The van der Waals surface area contributed by atoms with Crippen LogP contribution < -0.4 is 10.3 Å². The molecule has 0 aliphatic heterocycles. The third-order valence-electron chi connectivity index (χ3n) is 3.89. The Morgan fingerprint density at radius 2 is 1.83 bits per heavy atom. The molecule has 0 atom stereocenters. The van der Waals surface area contributed by atoms with Crippen molar-refractivity contribution < 1.29 is 4.74 Å². The maximum absolute atomic E-state index is 12.4. The summed E-state index contributed by atoms with van der Waals surface area (Å²) in [6.07, 6.45) is 0. The van der Waals surface area contributed by atoms with Gasteiger partial charge in [0.2, 0.25) is 5.78 Å². The van der Waals surface area contributed by atoms with Gasteiger partial charge in [-0.15, -0.1) is 10.2 Å². The fraction of sp³-hybridized carbons (Fsp3) is 0.118. The summed E-state index contributed by atoms with van der Waals surface area (Å²) in [4.78, 5) is 12.4. The SMILES string of the molecule is Cn1c(=O)c2ccccc2n2c(COc3ccccc3I)nnc12. The lowest BCUT2D eigenvalue weighted by Gasteiger charge is -2.09. The van der Waals surface area contributed by atoms with E-state index in [4.69, 9.17) is 4.74 Å². The molecule has 0 fully saturated rings. The minimum atomic E-state index is -0.0874. The van der Waals surface area contributed by atoms with Crippen LogP contribution in [0, 0.1) is 3.57 Å². The zero-order valence-corrected chi connectivity index (χ0v) is 15.0. The van der Waals surface area contributed by atoms with Crippen molar-refractivity contribution in [3.8, 4) is 5.75 Å². The molecule has 2 aromatic carbocycles. The molecule has 24 heavy (non-hydrogen) atoms. The first kappa shape index (κ1) is 15.1. The number of halogens is 1. The third kappa shape index (κ3) is 2.35. The van der Waals surface area contributed by atoms with Crippen LogP contribution in [0.1, 0.15) is 5.82 Å². The summed E-state index contributed by atoms with van der Waals surface area (Å²) in [6.45, 7) is 0.267. The normalized spacial score (nSPS) is 11.2. The van der Waals surface area contributed by atoms with Crippen molar-refractivity contribution >= 4 is 39.3 Å². The van der Waals surface area contributed by atoms with Gasteiger partial charge >= 0.3 is 0 Å². The van der Waals surface area contributed by atoms with Crippen LogP contribution >= 0.6 is 22.6 Å². The smallest absolute Gasteiger partial charge is 0.262 e. The summed E-state index contributed by atoms with van der Waals surface area (Å²) in [5, 5.41) is 9.00. The lowest BCUT2D eigenvalue weighted by Crippen LogP contribution is -2.20. The zero-order valence-electron chi connectivity index (χ0n) is 12.8. The van der Waals surface area contributed by atoms with E-state index in [1.165, 1.54) is 4.57 Å². The van der Waals surface area contributed by atoms with Crippen LogP contribution in [0.2, 0.25) is 0 Å². The molecule has 0 N–H and O–H groups in total. The van der Waals surface area contributed by atoms with E-state index in [0.29, 0.717) is 17.0 Å². The van der Waals surface area contributed by atoms with E-state index >= 15 is 0 Å². The highest BCUT2D eigenvalue weighted by Crippen LogP contribution is 2.21. The standard InChI is InChI=1S/C17H13IN4O2/c1-21-16(23)11-6-2-4-8-13(11)22-15(19-20-17(21)22)10-24-14-9-5-3-7-12(14)18/h2-9H,10H2,1H3. The summed E-state index contributed by atoms with van der Waals surface area (Å²) in [5.74, 6) is 1.94. The predicted molar refractivity (Wildman–Crippen MR) is 99.2 cm³/mol. The van der Waals surface area contributed by atoms with Crippen LogP contribution in [-0.4, -0.2) is 19.2 Å². The molecular formula is C17H13IN4O2. The van der Waals surface area contributed by atoms with Crippen molar-refractivity contribution in [3.05, 3.63) is 68.3 Å². The zero-order chi connectivity index (χ0) is 16.7. The molecule has 120 valence electrons. The molecule has 2 heterocycles. The van der Waals surface area contributed by atoms with Crippen LogP contribution in [-0.2, 0) is 13.7 Å². The summed E-state index contributed by atoms with van der Waals surface area (Å²) in [6, 6.07) is 15.2. The number of para-hydroxylation sites is 2. The number of hydrogen-bond donors (Lipinski definition) is 0. The van der Waals surface area contributed by atoms with Gasteiger partial charge in [-0.25, -0.2) is 0 Å². The van der Waals surface area contributed by atoms with Crippen LogP contribution in [0.15, 0.2) is 53.3 Å². The molecular weight excluding hydrogens is 419 g/mol. The van der Waals surface area contributed by atoms with Gasteiger partial charge in [0, 0.05) is 7.05 Å². The fourth-order valence-electron chi connectivity index (χ4n) is 2.69. The van der Waals surface area contributed by atoms with E-state index in [-0.39, 0.29) is 12.2 Å². The van der Waals surface area contributed by atoms with Crippen LogP contribution in [0.25, 0.3) is 16.7 Å². The Hall–Kier alpha value is -2.42. The molecule has 0 saturated heterocycles. The minimum absolute atomic E-state index is 0.0874. The van der Waals surface area contributed by atoms with Crippen LogP contribution in [0.4, 0.5) is 0 Å². The molecule has 7 heteroatoms. The number of ether oxygens (including phenoxy) is 1. The van der Waals surface area contributed by atoms with E-state index in [2.05, 4.69) is 32.8 Å². The molecule has 4 rings (SSSR count). The van der Waals surface area contributed by atoms with Gasteiger partial charge in [-0.2, -0.15) is 0 Å². The first-order valence-electron chi connectivity index (χ1n) is 7.36. The van der Waals surface area contributed by atoms with Gasteiger partial charge in [-0.1, -0.05) is 24.3 Å². The summed E-state index contributed by atoms with van der Waals surface area (Å²) in [5.41, 5.74) is 0.692. The van der Waals surface area contributed by atoms with Crippen molar-refractivity contribution in [2.75, 3.05) is 0 Å². The summed E-state index contributed by atoms with van der Waals surface area (Å²) >= 11 is 2.23. The number of aromatic nitrogens is 4. The number of fused-ring (bicyclic) bond motifs is 3. The molecule has 0 amide bonds. The molecule has 0 aliphatic rings. The highest BCUT2D eigenvalue weighted by molar-refractivity contribution is 14.1. The lowest BCUT2D eigenvalue weighted by atomic mass is 10.2. The Morgan fingerprint density at radius 1 is 1.08 bits per heavy atom. The topological polar surface area (TPSA) is 61.4 Å². The highest BCUT2D eigenvalue weighted by Gasteiger charge is 2.15. The monoisotopic (exact) mass is 432 g/mol. The first-order valence-corrected chi connectivity index (χ1v) is 8.44. The molecule has 0 unspecified atom stereocenters. The Bertz CT molecular complexity index is 1120. The van der Waals surface area contributed by atoms with E-state index in [1.54, 1.807) is 7.05 Å². The highest BCUT2D eigenvalue weighted by atomic mass is 127. The van der Waals surface area contributed by atoms with Crippen molar-refractivity contribution in [2.24, 2.45) is 7.05 Å². The Kier molecular flexibility index (Phi) is 3.72. The largest absolute Gasteiger partial charge is 0.484 e. The lowest BCUT2D eigenvalue weighted by molar-refractivity contribution is 0.293. The maximum Gasteiger partial charge on any atom is 0.262 e. The second-order valence-corrected chi connectivity index (χ2v) is 6.51. The fourth-order valence-corrected chi connectivity index (χ4v) is 3.23. The van der Waals surface area contributed by atoms with Gasteiger partial charge in [-0.3, -0.25) is 13.8 Å². The van der Waals surface area contributed by atoms with Gasteiger partial charge in [0.25, 0.3) is 5.56 Å². The molecule has 6 nitrogen and oxygen atoms in total. The maximum atomic E-state index is 12.4. The van der Waals surface area contributed by atoms with Crippen LogP contribution in [0.5, 0.6) is 5.75 Å². The van der Waals surface area contributed by atoms with Crippen molar-refractivity contribution in [3.63, 3.8) is 0 Å². The second-order valence-electron chi connectivity index (χ2n) is 5.35. The summed E-state index contributed by atoms with van der Waals surface area (Å²) < 4.78 is 10.3. The second kappa shape index (κ2) is 5.90. The number of aryl methyl sites for hydroxylation is 1. The number of benzene rings is 2. The summed E-state index contributed by atoms with van der Waals surface area (Å²) in [7, 11) is 1.70. The van der Waals surface area contributed by atoms with Crippen molar-refractivity contribution in [2.45, 2.75) is 6.61 Å². The molecule has 4 aromatic rings. The average Bonchev–Trinajstić information content (AvgIpc) is 3.03. The quantitative estimate of drug-likeness (QED) is 0.468. The van der Waals surface area contributed by atoms with Gasteiger partial charge in [0.05, 0.1) is 14.5 Å². The molecule has 0 saturated carbocycles. The number of hydrogen-bond acceptors (Lipinski definition) is 4. The van der Waals surface area contributed by atoms with Crippen LogP contribution in [0.3, 0.4) is 0 Å². The average molecular weight is 432 g/mol. The van der Waals surface area contributed by atoms with Gasteiger partial charge < -0.3 is 4.74 Å². The Labute approximate surface area is 150 Å². The van der Waals surface area contributed by atoms with E-state index in [1.807, 2.05) is 52.9 Å². The van der Waals surface area contributed by atoms with Gasteiger partial charge in [0.15, 0.2) is 5.82 Å². The third-order valence-corrected chi connectivity index (χ3v) is 4.78. The van der Waals surface area contributed by atoms with Crippen molar-refractivity contribution in [1.82, 2.24) is 19.2 Å². The first-order chi connectivity index (χ1) is 11.7. The van der Waals surface area contributed by atoms with E-state index in [9.17, 15) is 4.79 Å². The molecule has 0 aliphatic carbocycles. The minimum Gasteiger partial charge on any atom is -0.484 e. The molecule has 0 radical (unpaired) electrons. The van der Waals surface area contributed by atoms with Gasteiger partial charge in [-0.05, 0) is 46.9 Å². The Balaban J connectivity index is 1.85. The predicted octanol–water partition coefficient (Wildman–Crippen LogP) is 2.76. The number of rotatable bonds is 3. The molecule has 0 spiro atoms. The molecule has 0 bridgehead atoms. The number of nitrogens with zero attached hydrogens (tertiary/aromatic N) is 4. The Morgan fingerprint density at radius 3 is 2.67 bits per heavy atom. The van der Waals surface area contributed by atoms with E-state index < -0.39 is 0 Å². The molecule has 2 aromatic heterocycles. The van der Waals surface area contributed by atoms with Crippen molar-refractivity contribution in [1.29, 1.82) is 0 Å². The van der Waals surface area contributed by atoms with Gasteiger partial charge in [0.1, 0.15) is 12.4 Å².